The van der Waals surface area contributed by atoms with Crippen molar-refractivity contribution in [3.05, 3.63) is 34.4 Å². The summed E-state index contributed by atoms with van der Waals surface area (Å²) in [5.74, 6) is -0.598. The third kappa shape index (κ3) is 3.05. The van der Waals surface area contributed by atoms with Gasteiger partial charge in [0.2, 0.25) is 0 Å². The minimum atomic E-state index is -0.598. The molecule has 2 heteroatoms. The number of aryl methyl sites for hydroxylation is 3. The number of rotatable bonds is 3. The largest absolute Gasteiger partial charge is 0.481 e. The van der Waals surface area contributed by atoms with Crippen LogP contribution in [0.2, 0.25) is 0 Å². The van der Waals surface area contributed by atoms with Gasteiger partial charge in [0.05, 0.1) is 5.41 Å². The molecule has 1 N–H and O–H groups in total. The van der Waals surface area contributed by atoms with Gasteiger partial charge in [0.1, 0.15) is 0 Å². The lowest BCUT2D eigenvalue weighted by molar-refractivity contribution is -0.149. The molecule has 0 aliphatic heterocycles. The Bertz CT molecular complexity index is 471. The standard InChI is InChI=1S/C18H26O2/c1-13-10-14(2)16(15(3)11-13)12-18(17(19)20)8-6-4-5-7-9-18/h10-11H,4-9,12H2,1-3H3,(H,19,20). The average Bonchev–Trinajstić information content (AvgIpc) is 2.60. The van der Waals surface area contributed by atoms with Gasteiger partial charge in [0.15, 0.2) is 0 Å². The molecule has 110 valence electrons. The molecule has 2 rings (SSSR count). The summed E-state index contributed by atoms with van der Waals surface area (Å²) >= 11 is 0. The summed E-state index contributed by atoms with van der Waals surface area (Å²) < 4.78 is 0. The lowest BCUT2D eigenvalue weighted by Crippen LogP contribution is -2.33. The van der Waals surface area contributed by atoms with Gasteiger partial charge in [-0.25, -0.2) is 0 Å². The highest BCUT2D eigenvalue weighted by Gasteiger charge is 2.39. The van der Waals surface area contributed by atoms with Crippen molar-refractivity contribution in [3.8, 4) is 0 Å². The van der Waals surface area contributed by atoms with Gasteiger partial charge in [-0.15, -0.1) is 0 Å². The highest BCUT2D eigenvalue weighted by molar-refractivity contribution is 5.75. The quantitative estimate of drug-likeness (QED) is 0.819. The molecule has 0 bridgehead atoms. The monoisotopic (exact) mass is 274 g/mol. The van der Waals surface area contributed by atoms with E-state index in [2.05, 4.69) is 32.9 Å². The summed E-state index contributed by atoms with van der Waals surface area (Å²) in [7, 11) is 0. The zero-order valence-corrected chi connectivity index (χ0v) is 13.0. The number of hydrogen-bond acceptors (Lipinski definition) is 1. The molecule has 0 saturated heterocycles. The van der Waals surface area contributed by atoms with E-state index in [0.29, 0.717) is 6.42 Å². The van der Waals surface area contributed by atoms with Gasteiger partial charge < -0.3 is 5.11 Å². The smallest absolute Gasteiger partial charge is 0.309 e. The van der Waals surface area contributed by atoms with Crippen molar-refractivity contribution in [3.63, 3.8) is 0 Å². The zero-order chi connectivity index (χ0) is 14.8. The molecular formula is C18H26O2. The molecule has 1 aliphatic carbocycles. The summed E-state index contributed by atoms with van der Waals surface area (Å²) in [6.07, 6.45) is 6.82. The fraction of sp³-hybridized carbons (Fsp3) is 0.611. The van der Waals surface area contributed by atoms with E-state index in [1.54, 1.807) is 0 Å². The minimum Gasteiger partial charge on any atom is -0.481 e. The van der Waals surface area contributed by atoms with Gasteiger partial charge in [-0.1, -0.05) is 43.4 Å². The first kappa shape index (κ1) is 15.1. The Hall–Kier alpha value is -1.31. The number of carboxylic acids is 1. The first-order chi connectivity index (χ1) is 9.44. The van der Waals surface area contributed by atoms with Crippen LogP contribution in [-0.4, -0.2) is 11.1 Å². The van der Waals surface area contributed by atoms with E-state index in [1.807, 2.05) is 0 Å². The van der Waals surface area contributed by atoms with Crippen LogP contribution in [0.5, 0.6) is 0 Å². The Balaban J connectivity index is 2.35. The number of carboxylic acid groups (broad SMARTS) is 1. The fourth-order valence-corrected chi connectivity index (χ4v) is 3.70. The third-order valence-electron chi connectivity index (χ3n) is 4.87. The second-order valence-electron chi connectivity index (χ2n) is 6.55. The van der Waals surface area contributed by atoms with E-state index >= 15 is 0 Å². The van der Waals surface area contributed by atoms with Crippen LogP contribution in [0.25, 0.3) is 0 Å². The molecular weight excluding hydrogens is 248 g/mol. The van der Waals surface area contributed by atoms with Crippen LogP contribution in [0, 0.1) is 26.2 Å². The maximum Gasteiger partial charge on any atom is 0.309 e. The van der Waals surface area contributed by atoms with E-state index in [1.165, 1.54) is 35.1 Å². The molecule has 1 aromatic rings. The number of benzene rings is 1. The summed E-state index contributed by atoms with van der Waals surface area (Å²) in [5.41, 5.74) is 4.45. The van der Waals surface area contributed by atoms with Crippen molar-refractivity contribution in [1.82, 2.24) is 0 Å². The third-order valence-corrected chi connectivity index (χ3v) is 4.87. The van der Waals surface area contributed by atoms with Gasteiger partial charge >= 0.3 is 5.97 Å². The summed E-state index contributed by atoms with van der Waals surface area (Å²) in [6.45, 7) is 6.32. The first-order valence-corrected chi connectivity index (χ1v) is 7.75. The first-order valence-electron chi connectivity index (χ1n) is 7.75. The molecule has 2 nitrogen and oxygen atoms in total. The predicted octanol–water partition coefficient (Wildman–Crippen LogP) is 4.58. The van der Waals surface area contributed by atoms with Crippen molar-refractivity contribution in [1.29, 1.82) is 0 Å². The van der Waals surface area contributed by atoms with Gasteiger partial charge in [-0.05, 0) is 56.7 Å². The van der Waals surface area contributed by atoms with Crippen molar-refractivity contribution in [2.24, 2.45) is 5.41 Å². The van der Waals surface area contributed by atoms with E-state index in [4.69, 9.17) is 0 Å². The summed E-state index contributed by atoms with van der Waals surface area (Å²) in [4.78, 5) is 11.9. The van der Waals surface area contributed by atoms with E-state index in [-0.39, 0.29) is 0 Å². The SMILES string of the molecule is Cc1cc(C)c(CC2(C(=O)O)CCCCCC2)c(C)c1. The number of hydrogen-bond donors (Lipinski definition) is 1. The van der Waals surface area contributed by atoms with Crippen LogP contribution in [0.3, 0.4) is 0 Å². The highest BCUT2D eigenvalue weighted by atomic mass is 16.4. The second kappa shape index (κ2) is 5.99. The summed E-state index contributed by atoms with van der Waals surface area (Å²) in [6, 6.07) is 4.35. The molecule has 0 aromatic heterocycles. The lowest BCUT2D eigenvalue weighted by Gasteiger charge is -2.29. The molecule has 0 radical (unpaired) electrons. The Labute approximate surface area is 122 Å². The Kier molecular flexibility index (Phi) is 4.52. The van der Waals surface area contributed by atoms with Crippen LogP contribution >= 0.6 is 0 Å². The summed E-state index contributed by atoms with van der Waals surface area (Å²) in [5, 5.41) is 9.81. The molecule has 0 amide bonds. The second-order valence-corrected chi connectivity index (χ2v) is 6.55. The molecule has 20 heavy (non-hydrogen) atoms. The van der Waals surface area contributed by atoms with Gasteiger partial charge in [-0.3, -0.25) is 4.79 Å². The maximum absolute atomic E-state index is 11.9. The van der Waals surface area contributed by atoms with E-state index in [9.17, 15) is 9.90 Å². The van der Waals surface area contributed by atoms with Crippen LogP contribution in [0.15, 0.2) is 12.1 Å². The van der Waals surface area contributed by atoms with Crippen LogP contribution in [0.4, 0.5) is 0 Å². The van der Waals surface area contributed by atoms with Crippen LogP contribution < -0.4 is 0 Å². The molecule has 0 atom stereocenters. The van der Waals surface area contributed by atoms with Crippen molar-refractivity contribution < 1.29 is 9.90 Å². The molecule has 0 spiro atoms. The lowest BCUT2D eigenvalue weighted by atomic mass is 9.74. The van der Waals surface area contributed by atoms with Gasteiger partial charge in [-0.2, -0.15) is 0 Å². The number of carbonyl (C=O) groups is 1. The fourth-order valence-electron chi connectivity index (χ4n) is 3.70. The van der Waals surface area contributed by atoms with Crippen LogP contribution in [-0.2, 0) is 11.2 Å². The molecule has 1 aromatic carbocycles. The predicted molar refractivity (Wildman–Crippen MR) is 82.1 cm³/mol. The molecule has 0 unspecified atom stereocenters. The molecule has 1 saturated carbocycles. The number of aliphatic carboxylic acids is 1. The van der Waals surface area contributed by atoms with Crippen molar-refractivity contribution in [2.75, 3.05) is 0 Å². The van der Waals surface area contributed by atoms with Crippen molar-refractivity contribution in [2.45, 2.75) is 65.7 Å². The Morgan fingerprint density at radius 3 is 2.00 bits per heavy atom. The average molecular weight is 274 g/mol. The minimum absolute atomic E-state index is 0.540. The zero-order valence-electron chi connectivity index (χ0n) is 13.0. The Morgan fingerprint density at radius 1 is 1.05 bits per heavy atom. The van der Waals surface area contributed by atoms with E-state index < -0.39 is 11.4 Å². The molecule has 0 heterocycles. The van der Waals surface area contributed by atoms with Crippen molar-refractivity contribution >= 4 is 5.97 Å². The maximum atomic E-state index is 11.9. The van der Waals surface area contributed by atoms with Gasteiger partial charge in [0.25, 0.3) is 0 Å². The topological polar surface area (TPSA) is 37.3 Å². The molecule has 1 aliphatic rings. The molecule has 1 fully saturated rings. The highest BCUT2D eigenvalue weighted by Crippen LogP contribution is 2.39. The van der Waals surface area contributed by atoms with Gasteiger partial charge in [0, 0.05) is 0 Å². The van der Waals surface area contributed by atoms with E-state index in [0.717, 1.165) is 25.7 Å². The van der Waals surface area contributed by atoms with Crippen LogP contribution in [0.1, 0.15) is 60.8 Å². The normalized spacial score (nSPS) is 18.6. The Morgan fingerprint density at radius 2 is 1.55 bits per heavy atom.